The minimum atomic E-state index is -0.798. The predicted octanol–water partition coefficient (Wildman–Crippen LogP) is 3.79. The summed E-state index contributed by atoms with van der Waals surface area (Å²) in [5.41, 5.74) is -1.06. The summed E-state index contributed by atoms with van der Waals surface area (Å²) in [4.78, 5) is 24.0. The molecule has 5 fully saturated rings. The highest BCUT2D eigenvalue weighted by atomic mass is 16.6. The van der Waals surface area contributed by atoms with Crippen LogP contribution >= 0.6 is 0 Å². The molecule has 1 aliphatic heterocycles. The van der Waals surface area contributed by atoms with E-state index in [0.717, 1.165) is 51.4 Å². The molecule has 1 heterocycles. The molecule has 0 aromatic heterocycles. The Morgan fingerprint density at radius 1 is 0.885 bits per heavy atom. The van der Waals surface area contributed by atoms with E-state index in [9.17, 15) is 14.7 Å². The lowest BCUT2D eigenvalue weighted by atomic mass is 9.43. The molecule has 1 N–H and O–H groups in total. The number of ether oxygens (including phenoxy) is 1. The fraction of sp³-hybridized carbons (Fsp3) is 0.909. The first-order valence-electron chi connectivity index (χ1n) is 10.7. The first-order valence-corrected chi connectivity index (χ1v) is 10.7. The molecular weight excluding hydrogens is 328 g/mol. The van der Waals surface area contributed by atoms with Crippen LogP contribution < -0.4 is 0 Å². The Bertz CT molecular complexity index is 673. The molecule has 7 atom stereocenters. The van der Waals surface area contributed by atoms with Crippen molar-refractivity contribution in [2.75, 3.05) is 0 Å². The Hall–Kier alpha value is -0.900. The number of ketones is 1. The van der Waals surface area contributed by atoms with E-state index in [2.05, 4.69) is 13.8 Å². The second-order valence-electron chi connectivity index (χ2n) is 10.5. The minimum Gasteiger partial charge on any atom is -0.458 e. The third-order valence-electron chi connectivity index (χ3n) is 9.95. The molecule has 4 heteroatoms. The molecule has 0 unspecified atom stereocenters. The quantitative estimate of drug-likeness (QED) is 0.668. The Morgan fingerprint density at radius 3 is 2.35 bits per heavy atom. The maximum Gasteiger partial charge on any atom is 0.306 e. The van der Waals surface area contributed by atoms with Gasteiger partial charge in [-0.05, 0) is 69.1 Å². The average Bonchev–Trinajstić information content (AvgIpc) is 3.10. The zero-order valence-electron chi connectivity index (χ0n) is 16.2. The van der Waals surface area contributed by atoms with E-state index in [1.54, 1.807) is 0 Å². The number of carbonyl (C=O) groups excluding carboxylic acids is 2. The molecule has 1 saturated heterocycles. The van der Waals surface area contributed by atoms with Crippen LogP contribution in [0.2, 0.25) is 0 Å². The van der Waals surface area contributed by atoms with E-state index in [4.69, 9.17) is 4.74 Å². The standard InChI is InChI=1S/C22H32O4/c1-19-8-3-14(23)13-21(19,25)10-4-15-16(19)5-9-20(2)17(15)6-11-22(20)12-7-18(24)26-22/h15-17,25H,3-13H2,1-2H3/t15-,16+,17+,19-,20+,21+,22-/m1/s1. The van der Waals surface area contributed by atoms with Crippen molar-refractivity contribution in [1.82, 2.24) is 0 Å². The van der Waals surface area contributed by atoms with Gasteiger partial charge in [-0.15, -0.1) is 0 Å². The van der Waals surface area contributed by atoms with Crippen molar-refractivity contribution in [2.24, 2.45) is 28.6 Å². The third-order valence-corrected chi connectivity index (χ3v) is 9.95. The van der Waals surface area contributed by atoms with Crippen molar-refractivity contribution in [3.8, 4) is 0 Å². The molecule has 0 aromatic rings. The van der Waals surface area contributed by atoms with Gasteiger partial charge in [-0.2, -0.15) is 0 Å². The average molecular weight is 360 g/mol. The van der Waals surface area contributed by atoms with Gasteiger partial charge in [0.1, 0.15) is 11.4 Å². The normalized spacial score (nSPS) is 56.0. The Labute approximate surface area is 156 Å². The summed E-state index contributed by atoms with van der Waals surface area (Å²) in [6.07, 6.45) is 9.44. The number of esters is 1. The molecule has 1 spiro atoms. The highest BCUT2D eigenvalue weighted by Gasteiger charge is 2.69. The van der Waals surface area contributed by atoms with Gasteiger partial charge in [-0.25, -0.2) is 0 Å². The van der Waals surface area contributed by atoms with Crippen LogP contribution in [0.25, 0.3) is 0 Å². The van der Waals surface area contributed by atoms with Crippen molar-refractivity contribution >= 4 is 11.8 Å². The lowest BCUT2D eigenvalue weighted by Crippen LogP contribution is -2.63. The lowest BCUT2D eigenvalue weighted by molar-refractivity contribution is -0.213. The highest BCUT2D eigenvalue weighted by Crippen LogP contribution is 2.70. The summed E-state index contributed by atoms with van der Waals surface area (Å²) >= 11 is 0. The van der Waals surface area contributed by atoms with Crippen LogP contribution in [0.5, 0.6) is 0 Å². The van der Waals surface area contributed by atoms with Crippen LogP contribution in [-0.4, -0.2) is 28.1 Å². The zero-order valence-corrected chi connectivity index (χ0v) is 16.2. The van der Waals surface area contributed by atoms with E-state index in [1.165, 1.54) is 0 Å². The molecule has 5 rings (SSSR count). The third kappa shape index (κ3) is 1.90. The topological polar surface area (TPSA) is 63.6 Å². The molecule has 0 aromatic carbocycles. The first-order chi connectivity index (χ1) is 12.2. The largest absolute Gasteiger partial charge is 0.458 e. The monoisotopic (exact) mass is 360 g/mol. The number of hydrogen-bond acceptors (Lipinski definition) is 4. The number of rotatable bonds is 0. The molecule has 26 heavy (non-hydrogen) atoms. The molecule has 0 amide bonds. The fourth-order valence-electron chi connectivity index (χ4n) is 8.33. The summed E-state index contributed by atoms with van der Waals surface area (Å²) in [7, 11) is 0. The fourth-order valence-corrected chi connectivity index (χ4v) is 8.33. The molecule has 5 aliphatic rings. The molecular formula is C22H32O4. The maximum absolute atomic E-state index is 12.1. The van der Waals surface area contributed by atoms with E-state index in [-0.39, 0.29) is 28.2 Å². The van der Waals surface area contributed by atoms with Gasteiger partial charge < -0.3 is 9.84 Å². The van der Waals surface area contributed by atoms with E-state index >= 15 is 0 Å². The maximum atomic E-state index is 12.1. The second-order valence-corrected chi connectivity index (χ2v) is 10.5. The molecule has 0 bridgehead atoms. The summed E-state index contributed by atoms with van der Waals surface area (Å²) in [6, 6.07) is 0. The van der Waals surface area contributed by atoms with Gasteiger partial charge in [0.15, 0.2) is 0 Å². The van der Waals surface area contributed by atoms with E-state index in [0.29, 0.717) is 37.0 Å². The molecule has 144 valence electrons. The van der Waals surface area contributed by atoms with Crippen LogP contribution in [0.3, 0.4) is 0 Å². The van der Waals surface area contributed by atoms with Gasteiger partial charge in [0, 0.05) is 30.1 Å². The Balaban J connectivity index is 1.48. The Kier molecular flexibility index (Phi) is 3.39. The SMILES string of the molecule is C[C@]12CC[C@H]3[C@@H](CC[C@]4(O)CC(=O)CC[C@]34C)[C@@H]1CC[C@@]21CCC(=O)O1. The molecule has 4 nitrogen and oxygen atoms in total. The summed E-state index contributed by atoms with van der Waals surface area (Å²) in [6.45, 7) is 4.65. The minimum absolute atomic E-state index is 0.00947. The number of hydrogen-bond donors (Lipinski definition) is 1. The van der Waals surface area contributed by atoms with Gasteiger partial charge in [0.05, 0.1) is 5.60 Å². The highest BCUT2D eigenvalue weighted by molar-refractivity contribution is 5.80. The Morgan fingerprint density at radius 2 is 1.62 bits per heavy atom. The van der Waals surface area contributed by atoms with E-state index in [1.807, 2.05) is 0 Å². The smallest absolute Gasteiger partial charge is 0.306 e. The predicted molar refractivity (Wildman–Crippen MR) is 96.3 cm³/mol. The van der Waals surface area contributed by atoms with Gasteiger partial charge in [-0.3, -0.25) is 9.59 Å². The second kappa shape index (κ2) is 5.12. The number of Topliss-reactive ketones (excluding diaryl/α,β-unsaturated/α-hetero) is 1. The van der Waals surface area contributed by atoms with Crippen molar-refractivity contribution in [3.05, 3.63) is 0 Å². The molecule has 4 saturated carbocycles. The van der Waals surface area contributed by atoms with Gasteiger partial charge in [0.25, 0.3) is 0 Å². The lowest BCUT2D eigenvalue weighted by Gasteiger charge is -2.63. The zero-order chi connectivity index (χ0) is 18.4. The van der Waals surface area contributed by atoms with Crippen LogP contribution in [0.15, 0.2) is 0 Å². The number of fused-ring (bicyclic) bond motifs is 6. The summed E-state index contributed by atoms with van der Waals surface area (Å²) < 4.78 is 5.99. The van der Waals surface area contributed by atoms with Crippen LogP contribution in [0.4, 0.5) is 0 Å². The van der Waals surface area contributed by atoms with Gasteiger partial charge >= 0.3 is 5.97 Å². The van der Waals surface area contributed by atoms with Crippen LogP contribution in [0.1, 0.15) is 84.5 Å². The molecule has 0 radical (unpaired) electrons. The van der Waals surface area contributed by atoms with Crippen LogP contribution in [-0.2, 0) is 14.3 Å². The van der Waals surface area contributed by atoms with Crippen molar-refractivity contribution < 1.29 is 19.4 Å². The van der Waals surface area contributed by atoms with Gasteiger partial charge in [0.2, 0.25) is 0 Å². The summed E-state index contributed by atoms with van der Waals surface area (Å²) in [5.74, 6) is 1.92. The van der Waals surface area contributed by atoms with E-state index < -0.39 is 5.60 Å². The van der Waals surface area contributed by atoms with Crippen molar-refractivity contribution in [1.29, 1.82) is 0 Å². The number of aliphatic hydroxyl groups is 1. The summed E-state index contributed by atoms with van der Waals surface area (Å²) in [5, 5.41) is 11.4. The molecule has 4 aliphatic carbocycles. The first kappa shape index (κ1) is 17.2. The van der Waals surface area contributed by atoms with Crippen LogP contribution in [0, 0.1) is 28.6 Å². The van der Waals surface area contributed by atoms with Crippen molar-refractivity contribution in [2.45, 2.75) is 95.7 Å². The van der Waals surface area contributed by atoms with Crippen molar-refractivity contribution in [3.63, 3.8) is 0 Å². The number of carbonyl (C=O) groups is 2. The van der Waals surface area contributed by atoms with Gasteiger partial charge in [-0.1, -0.05) is 13.8 Å².